The van der Waals surface area contributed by atoms with Crippen molar-refractivity contribution in [2.75, 3.05) is 11.9 Å². The maximum absolute atomic E-state index is 13.0. The Hall–Kier alpha value is -3.46. The second-order valence-electron chi connectivity index (χ2n) is 10.1. The van der Waals surface area contributed by atoms with Gasteiger partial charge >= 0.3 is 5.97 Å². The normalized spacial score (nSPS) is 19.1. The third-order valence-corrected chi connectivity index (χ3v) is 7.14. The molecule has 0 aliphatic heterocycles. The number of hydrogen-bond donors (Lipinski definition) is 2. The molecule has 3 heterocycles. The zero-order valence-electron chi connectivity index (χ0n) is 22.0. The van der Waals surface area contributed by atoms with Crippen LogP contribution in [-0.4, -0.2) is 32.6 Å². The highest BCUT2D eigenvalue weighted by Gasteiger charge is 2.39. The molecule has 0 amide bonds. The first-order valence-electron chi connectivity index (χ1n) is 13.0. The number of nitrogens with zero attached hydrogens (tertiary/aromatic N) is 3. The second kappa shape index (κ2) is 11.9. The van der Waals surface area contributed by atoms with Crippen molar-refractivity contribution >= 4 is 17.6 Å². The SMILES string of the molecule is CCCOC(=O)C1CCC(C(C)(O)c2ccc(-c3cc(C)cc(Nc4cc(C(F)F)ccn4)n3)cn2)CC1. The van der Waals surface area contributed by atoms with Crippen molar-refractivity contribution in [2.24, 2.45) is 11.8 Å². The van der Waals surface area contributed by atoms with Crippen molar-refractivity contribution in [3.8, 4) is 11.3 Å². The molecule has 1 fully saturated rings. The van der Waals surface area contributed by atoms with E-state index in [0.717, 1.165) is 30.4 Å². The Morgan fingerprint density at radius 3 is 2.55 bits per heavy atom. The summed E-state index contributed by atoms with van der Waals surface area (Å²) in [5.74, 6) is 0.506. The summed E-state index contributed by atoms with van der Waals surface area (Å²) in [7, 11) is 0. The minimum Gasteiger partial charge on any atom is -0.465 e. The molecule has 38 heavy (non-hydrogen) atoms. The van der Waals surface area contributed by atoms with Crippen LogP contribution >= 0.6 is 0 Å². The number of hydrogen-bond acceptors (Lipinski definition) is 7. The molecule has 0 bridgehead atoms. The highest BCUT2D eigenvalue weighted by atomic mass is 19.3. The molecule has 1 atom stereocenters. The Kier molecular flexibility index (Phi) is 8.66. The first-order valence-corrected chi connectivity index (χ1v) is 13.0. The Balaban J connectivity index is 1.45. The average Bonchev–Trinajstić information content (AvgIpc) is 2.91. The van der Waals surface area contributed by atoms with Crippen molar-refractivity contribution in [3.05, 3.63) is 65.6 Å². The lowest BCUT2D eigenvalue weighted by molar-refractivity contribution is -0.151. The predicted molar refractivity (Wildman–Crippen MR) is 141 cm³/mol. The minimum absolute atomic E-state index is 0.0134. The zero-order valence-corrected chi connectivity index (χ0v) is 22.0. The van der Waals surface area contributed by atoms with Crippen LogP contribution in [0, 0.1) is 18.8 Å². The minimum atomic E-state index is -2.58. The van der Waals surface area contributed by atoms with Gasteiger partial charge in [0.15, 0.2) is 0 Å². The van der Waals surface area contributed by atoms with Gasteiger partial charge in [0.05, 0.1) is 23.9 Å². The van der Waals surface area contributed by atoms with Gasteiger partial charge in [0.1, 0.15) is 17.2 Å². The summed E-state index contributed by atoms with van der Waals surface area (Å²) in [6, 6.07) is 9.96. The molecule has 0 saturated heterocycles. The van der Waals surface area contributed by atoms with Crippen LogP contribution in [0.25, 0.3) is 11.3 Å². The number of nitrogens with one attached hydrogen (secondary N) is 1. The molecule has 7 nitrogen and oxygen atoms in total. The van der Waals surface area contributed by atoms with Crippen LogP contribution in [-0.2, 0) is 15.1 Å². The van der Waals surface area contributed by atoms with Crippen LogP contribution < -0.4 is 5.32 Å². The summed E-state index contributed by atoms with van der Waals surface area (Å²) >= 11 is 0. The highest BCUT2D eigenvalue weighted by molar-refractivity contribution is 5.72. The van der Waals surface area contributed by atoms with E-state index in [1.165, 1.54) is 18.3 Å². The van der Waals surface area contributed by atoms with Gasteiger partial charge in [-0.15, -0.1) is 0 Å². The molecule has 1 unspecified atom stereocenters. The number of aromatic nitrogens is 3. The number of anilines is 2. The standard InChI is InChI=1S/C29H34F2N4O3/c1-4-13-38-28(36)19-5-8-22(9-6-19)29(3,37)24-10-7-21(17-33-24)23-14-18(2)15-26(34-23)35-25-16-20(27(30)31)11-12-32-25/h7,10-12,14-17,19,22,27,37H,4-6,8-9,13H2,1-3H3,(H,32,34,35). The van der Waals surface area contributed by atoms with E-state index < -0.39 is 12.0 Å². The fourth-order valence-corrected chi connectivity index (χ4v) is 4.93. The number of ether oxygens (including phenoxy) is 1. The molecule has 2 N–H and O–H groups in total. The first-order chi connectivity index (χ1) is 18.2. The number of carbonyl (C=O) groups is 1. The molecular formula is C29H34F2N4O3. The topological polar surface area (TPSA) is 97.2 Å². The largest absolute Gasteiger partial charge is 0.465 e. The van der Waals surface area contributed by atoms with Crippen LogP contribution in [0.4, 0.5) is 20.4 Å². The zero-order chi connectivity index (χ0) is 27.3. The molecule has 0 aromatic carbocycles. The Morgan fingerprint density at radius 1 is 1.13 bits per heavy atom. The quantitative estimate of drug-likeness (QED) is 0.309. The molecule has 3 aromatic heterocycles. The summed E-state index contributed by atoms with van der Waals surface area (Å²) in [6.45, 7) is 6.12. The van der Waals surface area contributed by atoms with Crippen LogP contribution in [0.1, 0.15) is 69.2 Å². The lowest BCUT2D eigenvalue weighted by Gasteiger charge is -2.37. The molecular weight excluding hydrogens is 490 g/mol. The lowest BCUT2D eigenvalue weighted by atomic mass is 9.73. The van der Waals surface area contributed by atoms with E-state index in [1.807, 2.05) is 32.0 Å². The second-order valence-corrected chi connectivity index (χ2v) is 10.1. The molecule has 1 aliphatic carbocycles. The number of rotatable bonds is 9. The smallest absolute Gasteiger partial charge is 0.308 e. The maximum atomic E-state index is 13.0. The third-order valence-electron chi connectivity index (χ3n) is 7.14. The van der Waals surface area contributed by atoms with Crippen molar-refractivity contribution in [2.45, 2.75) is 64.9 Å². The van der Waals surface area contributed by atoms with Crippen LogP contribution in [0.15, 0.2) is 48.8 Å². The van der Waals surface area contributed by atoms with Crippen LogP contribution in [0.3, 0.4) is 0 Å². The molecule has 3 aromatic rings. The molecule has 9 heteroatoms. The van der Waals surface area contributed by atoms with Crippen LogP contribution in [0.2, 0.25) is 0 Å². The monoisotopic (exact) mass is 524 g/mol. The maximum Gasteiger partial charge on any atom is 0.308 e. The van der Waals surface area contributed by atoms with Crippen molar-refractivity contribution in [1.29, 1.82) is 0 Å². The van der Waals surface area contributed by atoms with E-state index in [4.69, 9.17) is 4.74 Å². The van der Waals surface area contributed by atoms with Gasteiger partial charge in [0, 0.05) is 23.5 Å². The number of halogens is 2. The van der Waals surface area contributed by atoms with Gasteiger partial charge in [-0.3, -0.25) is 9.78 Å². The summed E-state index contributed by atoms with van der Waals surface area (Å²) in [5, 5.41) is 14.4. The van der Waals surface area contributed by atoms with Crippen molar-refractivity contribution in [3.63, 3.8) is 0 Å². The molecule has 1 saturated carbocycles. The van der Waals surface area contributed by atoms with Gasteiger partial charge in [0.2, 0.25) is 0 Å². The first kappa shape index (κ1) is 27.6. The molecule has 0 spiro atoms. The average molecular weight is 525 g/mol. The predicted octanol–water partition coefficient (Wildman–Crippen LogP) is 6.50. The van der Waals surface area contributed by atoms with Gasteiger partial charge in [-0.1, -0.05) is 6.92 Å². The fourth-order valence-electron chi connectivity index (χ4n) is 4.93. The van der Waals surface area contributed by atoms with E-state index in [9.17, 15) is 18.7 Å². The van der Waals surface area contributed by atoms with Gasteiger partial charge in [0.25, 0.3) is 6.43 Å². The molecule has 202 valence electrons. The van der Waals surface area contributed by atoms with Gasteiger partial charge < -0.3 is 15.2 Å². The van der Waals surface area contributed by atoms with Gasteiger partial charge in [-0.2, -0.15) is 0 Å². The number of carbonyl (C=O) groups excluding carboxylic acids is 1. The molecule has 0 radical (unpaired) electrons. The summed E-state index contributed by atoms with van der Waals surface area (Å²) < 4.78 is 31.4. The highest BCUT2D eigenvalue weighted by Crippen LogP contribution is 2.41. The third kappa shape index (κ3) is 6.51. The van der Waals surface area contributed by atoms with Gasteiger partial charge in [-0.05, 0) is 93.8 Å². The van der Waals surface area contributed by atoms with Crippen LogP contribution in [0.5, 0.6) is 0 Å². The van der Waals surface area contributed by atoms with Gasteiger partial charge in [-0.25, -0.2) is 18.7 Å². The summed E-state index contributed by atoms with van der Waals surface area (Å²) in [4.78, 5) is 25.5. The number of pyridine rings is 3. The van der Waals surface area contributed by atoms with E-state index >= 15 is 0 Å². The van der Waals surface area contributed by atoms with E-state index in [1.54, 1.807) is 19.2 Å². The summed E-state index contributed by atoms with van der Waals surface area (Å²) in [5.41, 5.74) is 1.65. The Bertz CT molecular complexity index is 1240. The number of alkyl halides is 2. The fraction of sp³-hybridized carbons (Fsp3) is 0.448. The van der Waals surface area contributed by atoms with E-state index in [2.05, 4.69) is 20.3 Å². The Labute approximate surface area is 221 Å². The summed E-state index contributed by atoms with van der Waals surface area (Å²) in [6.07, 6.45) is 4.06. The number of aliphatic hydroxyl groups is 1. The molecule has 1 aliphatic rings. The number of esters is 1. The lowest BCUT2D eigenvalue weighted by Crippen LogP contribution is -2.37. The van der Waals surface area contributed by atoms with E-state index in [0.29, 0.717) is 36.7 Å². The van der Waals surface area contributed by atoms with E-state index in [-0.39, 0.29) is 29.2 Å². The number of aryl methyl sites for hydroxylation is 1. The van der Waals surface area contributed by atoms with Crippen molar-refractivity contribution in [1.82, 2.24) is 15.0 Å². The molecule has 4 rings (SSSR count). The Morgan fingerprint density at radius 2 is 1.89 bits per heavy atom. The van der Waals surface area contributed by atoms with Crippen molar-refractivity contribution < 1.29 is 23.4 Å².